The van der Waals surface area contributed by atoms with E-state index in [0.717, 1.165) is 22.1 Å². The Morgan fingerprint density at radius 1 is 1.47 bits per heavy atom. The predicted molar refractivity (Wildman–Crippen MR) is 60.6 cm³/mol. The van der Waals surface area contributed by atoms with E-state index in [0.29, 0.717) is 5.95 Å². The van der Waals surface area contributed by atoms with Crippen LogP contribution < -0.4 is 5.73 Å². The Labute approximate surface area is 95.4 Å². The first-order valence-corrected chi connectivity index (χ1v) is 5.34. The third-order valence-electron chi connectivity index (χ3n) is 2.14. The molecule has 0 aliphatic rings. The van der Waals surface area contributed by atoms with Gasteiger partial charge in [0.15, 0.2) is 0 Å². The molecule has 1 aromatic heterocycles. The first kappa shape index (κ1) is 10.1. The molecule has 2 N–H and O–H groups in total. The van der Waals surface area contributed by atoms with Gasteiger partial charge in [0.25, 0.3) is 0 Å². The third-order valence-corrected chi connectivity index (χ3v) is 2.64. The maximum atomic E-state index is 5.65. The lowest BCUT2D eigenvalue weighted by molar-refractivity contribution is 0.784. The number of halogens is 1. The molecule has 0 amide bonds. The van der Waals surface area contributed by atoms with Crippen molar-refractivity contribution in [3.63, 3.8) is 0 Å². The van der Waals surface area contributed by atoms with E-state index in [1.54, 1.807) is 0 Å². The number of hydrogen-bond donors (Lipinski definition) is 1. The summed E-state index contributed by atoms with van der Waals surface area (Å²) in [6.07, 6.45) is 0.897. The Bertz CT molecular complexity index is 479. The van der Waals surface area contributed by atoms with Crippen LogP contribution in [0.15, 0.2) is 22.7 Å². The van der Waals surface area contributed by atoms with Crippen molar-refractivity contribution in [3.8, 4) is 5.69 Å². The number of nitrogen functional groups attached to an aromatic ring is 1. The summed E-state index contributed by atoms with van der Waals surface area (Å²) in [6.45, 7) is 2.08. The minimum atomic E-state index is 0.298. The second-order valence-corrected chi connectivity index (χ2v) is 3.99. The van der Waals surface area contributed by atoms with Gasteiger partial charge in [-0.3, -0.25) is 0 Å². The highest BCUT2D eigenvalue weighted by Gasteiger charge is 2.08. The smallest absolute Gasteiger partial charge is 0.245 e. The molecule has 0 fully saturated rings. The summed E-state index contributed by atoms with van der Waals surface area (Å²) in [5.74, 6) is 0.298. The number of hydrogen-bond acceptors (Lipinski definition) is 4. The molecular formula is C9H10BrN5. The first-order chi connectivity index (χ1) is 7.22. The molecule has 0 radical (unpaired) electrons. The predicted octanol–water partition coefficient (Wildman–Crippen LogP) is 1.57. The zero-order chi connectivity index (χ0) is 10.8. The summed E-state index contributed by atoms with van der Waals surface area (Å²) in [4.78, 5) is 0. The second kappa shape index (κ2) is 3.98. The molecule has 2 rings (SSSR count). The largest absolute Gasteiger partial charge is 0.366 e. The first-order valence-electron chi connectivity index (χ1n) is 4.55. The summed E-state index contributed by atoms with van der Waals surface area (Å²) in [5.41, 5.74) is 7.71. The Kier molecular flexibility index (Phi) is 2.68. The Morgan fingerprint density at radius 2 is 2.27 bits per heavy atom. The standard InChI is InChI=1S/C9H10BrN5/c1-2-6-5-7(10)3-4-8(6)15-9(11)12-13-14-15/h3-5H,2H2,1H3,(H2,11,12,14). The van der Waals surface area contributed by atoms with Crippen LogP contribution in [0, 0.1) is 0 Å². The molecule has 0 bridgehead atoms. The van der Waals surface area contributed by atoms with Crippen LogP contribution in [0.3, 0.4) is 0 Å². The molecule has 15 heavy (non-hydrogen) atoms. The highest BCUT2D eigenvalue weighted by molar-refractivity contribution is 9.10. The van der Waals surface area contributed by atoms with Gasteiger partial charge in [-0.1, -0.05) is 28.0 Å². The lowest BCUT2D eigenvalue weighted by Gasteiger charge is -2.07. The van der Waals surface area contributed by atoms with Gasteiger partial charge in [-0.2, -0.15) is 4.68 Å². The maximum Gasteiger partial charge on any atom is 0.245 e. The van der Waals surface area contributed by atoms with Crippen LogP contribution in [0.2, 0.25) is 0 Å². The molecular weight excluding hydrogens is 258 g/mol. The van der Waals surface area contributed by atoms with Gasteiger partial charge in [0.05, 0.1) is 5.69 Å². The molecule has 6 heteroatoms. The fraction of sp³-hybridized carbons (Fsp3) is 0.222. The van der Waals surface area contributed by atoms with Crippen molar-refractivity contribution < 1.29 is 0 Å². The van der Waals surface area contributed by atoms with Crippen LogP contribution in [0.1, 0.15) is 12.5 Å². The highest BCUT2D eigenvalue weighted by Crippen LogP contribution is 2.21. The molecule has 0 unspecified atom stereocenters. The molecule has 0 saturated carbocycles. The summed E-state index contributed by atoms with van der Waals surface area (Å²) in [7, 11) is 0. The molecule has 0 aliphatic heterocycles. The van der Waals surface area contributed by atoms with Crippen molar-refractivity contribution in [2.45, 2.75) is 13.3 Å². The lowest BCUT2D eigenvalue weighted by Crippen LogP contribution is -2.05. The number of nitrogens with two attached hydrogens (primary N) is 1. The van der Waals surface area contributed by atoms with E-state index in [1.807, 2.05) is 18.2 Å². The van der Waals surface area contributed by atoms with Gasteiger partial charge in [-0.15, -0.1) is 0 Å². The Balaban J connectivity index is 2.58. The van der Waals surface area contributed by atoms with Crippen LogP contribution in [0.4, 0.5) is 5.95 Å². The molecule has 1 heterocycles. The van der Waals surface area contributed by atoms with Crippen LogP contribution in [-0.4, -0.2) is 20.2 Å². The molecule has 0 atom stereocenters. The quantitative estimate of drug-likeness (QED) is 0.897. The van der Waals surface area contributed by atoms with Crippen molar-refractivity contribution in [1.82, 2.24) is 20.2 Å². The fourth-order valence-corrected chi connectivity index (χ4v) is 1.82. The SMILES string of the molecule is CCc1cc(Br)ccc1-n1nnnc1N. The molecule has 5 nitrogen and oxygen atoms in total. The van der Waals surface area contributed by atoms with E-state index in [9.17, 15) is 0 Å². The van der Waals surface area contributed by atoms with Gasteiger partial charge >= 0.3 is 0 Å². The zero-order valence-corrected chi connectivity index (χ0v) is 9.77. The third kappa shape index (κ3) is 1.85. The molecule has 0 spiro atoms. The minimum absolute atomic E-state index is 0.298. The van der Waals surface area contributed by atoms with Crippen molar-refractivity contribution in [1.29, 1.82) is 0 Å². The van der Waals surface area contributed by atoms with Crippen LogP contribution >= 0.6 is 15.9 Å². The summed E-state index contributed by atoms with van der Waals surface area (Å²) < 4.78 is 2.57. The number of aromatic nitrogens is 4. The van der Waals surface area contributed by atoms with Crippen molar-refractivity contribution >= 4 is 21.9 Å². The second-order valence-electron chi connectivity index (χ2n) is 3.08. The Morgan fingerprint density at radius 3 is 2.87 bits per heavy atom. The maximum absolute atomic E-state index is 5.65. The van der Waals surface area contributed by atoms with Gasteiger partial charge in [0.2, 0.25) is 5.95 Å². The molecule has 78 valence electrons. The average Bonchev–Trinajstić information content (AvgIpc) is 2.64. The lowest BCUT2D eigenvalue weighted by atomic mass is 10.1. The number of nitrogens with zero attached hydrogens (tertiary/aromatic N) is 4. The number of benzene rings is 1. The number of anilines is 1. The average molecular weight is 268 g/mol. The van der Waals surface area contributed by atoms with E-state index in [4.69, 9.17) is 5.73 Å². The fourth-order valence-electron chi connectivity index (χ4n) is 1.41. The summed E-state index contributed by atoms with van der Waals surface area (Å²) in [5, 5.41) is 11.0. The van der Waals surface area contributed by atoms with E-state index in [1.165, 1.54) is 4.68 Å². The van der Waals surface area contributed by atoms with Crippen molar-refractivity contribution in [3.05, 3.63) is 28.2 Å². The highest BCUT2D eigenvalue weighted by atomic mass is 79.9. The van der Waals surface area contributed by atoms with Crippen molar-refractivity contribution in [2.24, 2.45) is 0 Å². The van der Waals surface area contributed by atoms with Gasteiger partial charge in [-0.05, 0) is 40.6 Å². The van der Waals surface area contributed by atoms with E-state index >= 15 is 0 Å². The zero-order valence-electron chi connectivity index (χ0n) is 8.18. The monoisotopic (exact) mass is 267 g/mol. The molecule has 0 aliphatic carbocycles. The van der Waals surface area contributed by atoms with Crippen molar-refractivity contribution in [2.75, 3.05) is 5.73 Å². The topological polar surface area (TPSA) is 69.6 Å². The molecule has 0 saturated heterocycles. The number of rotatable bonds is 2. The summed E-state index contributed by atoms with van der Waals surface area (Å²) >= 11 is 3.43. The van der Waals surface area contributed by atoms with Gasteiger partial charge in [-0.25, -0.2) is 0 Å². The van der Waals surface area contributed by atoms with Crippen LogP contribution in [0.5, 0.6) is 0 Å². The number of aryl methyl sites for hydroxylation is 1. The summed E-state index contributed by atoms with van der Waals surface area (Å²) in [6, 6.07) is 5.92. The van der Waals surface area contributed by atoms with Gasteiger partial charge in [0, 0.05) is 4.47 Å². The van der Waals surface area contributed by atoms with Crippen LogP contribution in [-0.2, 0) is 6.42 Å². The molecule has 1 aromatic carbocycles. The van der Waals surface area contributed by atoms with Gasteiger partial charge < -0.3 is 5.73 Å². The number of tetrazole rings is 1. The normalized spacial score (nSPS) is 10.5. The van der Waals surface area contributed by atoms with E-state index < -0.39 is 0 Å². The minimum Gasteiger partial charge on any atom is -0.366 e. The van der Waals surface area contributed by atoms with Gasteiger partial charge in [0.1, 0.15) is 0 Å². The van der Waals surface area contributed by atoms with Crippen LogP contribution in [0.25, 0.3) is 5.69 Å². The Hall–Kier alpha value is -1.43. The van der Waals surface area contributed by atoms with E-state index in [2.05, 4.69) is 38.4 Å². The molecule has 2 aromatic rings. The van der Waals surface area contributed by atoms with E-state index in [-0.39, 0.29) is 0 Å².